The van der Waals surface area contributed by atoms with Crippen LogP contribution in [0.2, 0.25) is 0 Å². The summed E-state index contributed by atoms with van der Waals surface area (Å²) in [7, 11) is 0. The van der Waals surface area contributed by atoms with E-state index in [1.54, 1.807) is 13.8 Å². The second-order valence-electron chi connectivity index (χ2n) is 4.39. The van der Waals surface area contributed by atoms with E-state index in [2.05, 4.69) is 20.8 Å². The summed E-state index contributed by atoms with van der Waals surface area (Å²) >= 11 is 0. The summed E-state index contributed by atoms with van der Waals surface area (Å²) in [4.78, 5) is 22.7. The highest BCUT2D eigenvalue weighted by Gasteiger charge is 2.13. The predicted octanol–water partition coefficient (Wildman–Crippen LogP) is 2.51. The molecule has 0 radical (unpaired) electrons. The highest BCUT2D eigenvalue weighted by Crippen LogP contribution is 2.18. The molecule has 0 aliphatic rings. The molecule has 0 saturated heterocycles. The van der Waals surface area contributed by atoms with Gasteiger partial charge >= 0.3 is 12.0 Å². The third kappa shape index (κ3) is 3.16. The Balaban J connectivity index is 2.13. The number of rotatable bonds is 3. The molecule has 2 rings (SSSR count). The van der Waals surface area contributed by atoms with Gasteiger partial charge in [-0.25, -0.2) is 14.0 Å². The average molecular weight is 292 g/mol. The van der Waals surface area contributed by atoms with Gasteiger partial charge in [-0.05, 0) is 32.0 Å². The quantitative estimate of drug-likeness (QED) is 0.697. The number of hydrogen-bond acceptors (Lipinski definition) is 3. The lowest BCUT2D eigenvalue weighted by Crippen LogP contribution is -2.20. The Labute approximate surface area is 119 Å². The molecule has 0 saturated carbocycles. The number of carboxylic acid groups (broad SMARTS) is 1. The molecule has 1 heterocycles. The predicted molar refractivity (Wildman–Crippen MR) is 74.1 cm³/mol. The van der Waals surface area contributed by atoms with Gasteiger partial charge in [0.1, 0.15) is 5.82 Å². The highest BCUT2D eigenvalue weighted by molar-refractivity contribution is 6.01. The molecule has 0 unspecified atom stereocenters. The first-order chi connectivity index (χ1) is 9.88. The molecule has 2 aromatic rings. The van der Waals surface area contributed by atoms with Gasteiger partial charge in [0.15, 0.2) is 0 Å². The Bertz CT molecular complexity index is 692. The Morgan fingerprint density at radius 2 is 2.00 bits per heavy atom. The third-order valence-electron chi connectivity index (χ3n) is 2.82. The highest BCUT2D eigenvalue weighted by atomic mass is 19.1. The van der Waals surface area contributed by atoms with Crippen molar-refractivity contribution in [2.24, 2.45) is 0 Å². The van der Waals surface area contributed by atoms with Crippen LogP contribution < -0.4 is 10.6 Å². The Morgan fingerprint density at radius 3 is 2.57 bits per heavy atom. The zero-order valence-corrected chi connectivity index (χ0v) is 11.3. The number of hydrogen-bond donors (Lipinski definition) is 4. The normalized spacial score (nSPS) is 10.2. The molecular weight excluding hydrogens is 279 g/mol. The molecule has 2 amide bonds. The van der Waals surface area contributed by atoms with Gasteiger partial charge in [0.25, 0.3) is 0 Å². The monoisotopic (exact) mass is 292 g/mol. The van der Waals surface area contributed by atoms with Crippen molar-refractivity contribution in [3.05, 3.63) is 41.0 Å². The first-order valence-electron chi connectivity index (χ1n) is 6.01. The van der Waals surface area contributed by atoms with E-state index in [4.69, 9.17) is 5.11 Å². The molecule has 1 aromatic carbocycles. The van der Waals surface area contributed by atoms with Gasteiger partial charge in [-0.1, -0.05) is 0 Å². The van der Waals surface area contributed by atoms with Crippen molar-refractivity contribution >= 4 is 23.4 Å². The lowest BCUT2D eigenvalue weighted by molar-refractivity contribution is 0.0692. The van der Waals surface area contributed by atoms with Crippen molar-refractivity contribution in [2.45, 2.75) is 13.8 Å². The second-order valence-corrected chi connectivity index (χ2v) is 4.39. The number of nitrogens with one attached hydrogen (secondary N) is 3. The average Bonchev–Trinajstić information content (AvgIpc) is 2.72. The lowest BCUT2D eigenvalue weighted by Gasteiger charge is -2.08. The smallest absolute Gasteiger partial charge is 0.338 e. The summed E-state index contributed by atoms with van der Waals surface area (Å²) in [6.07, 6.45) is 0. The largest absolute Gasteiger partial charge is 0.478 e. The zero-order valence-electron chi connectivity index (χ0n) is 11.3. The van der Waals surface area contributed by atoms with Gasteiger partial charge in [0, 0.05) is 5.69 Å². The summed E-state index contributed by atoms with van der Waals surface area (Å²) in [5.41, 5.74) is 1.50. The van der Waals surface area contributed by atoms with E-state index < -0.39 is 23.4 Å². The topological polar surface area (TPSA) is 107 Å². The van der Waals surface area contributed by atoms with Crippen molar-refractivity contribution in [1.29, 1.82) is 0 Å². The Morgan fingerprint density at radius 1 is 1.29 bits per heavy atom. The van der Waals surface area contributed by atoms with Crippen LogP contribution >= 0.6 is 0 Å². The molecule has 4 N–H and O–H groups in total. The van der Waals surface area contributed by atoms with Crippen LogP contribution in [0.4, 0.5) is 20.6 Å². The maximum absolute atomic E-state index is 13.2. The van der Waals surface area contributed by atoms with E-state index in [1.807, 2.05) is 0 Å². The van der Waals surface area contributed by atoms with Crippen LogP contribution in [-0.2, 0) is 0 Å². The van der Waals surface area contributed by atoms with E-state index in [-0.39, 0.29) is 5.69 Å². The number of urea groups is 1. The van der Waals surface area contributed by atoms with Gasteiger partial charge in [-0.3, -0.25) is 5.10 Å². The molecule has 110 valence electrons. The van der Waals surface area contributed by atoms with E-state index in [0.717, 1.165) is 12.1 Å². The molecule has 0 atom stereocenters. The van der Waals surface area contributed by atoms with Crippen LogP contribution in [0.15, 0.2) is 18.2 Å². The van der Waals surface area contributed by atoms with Gasteiger partial charge in [-0.2, -0.15) is 5.10 Å². The van der Waals surface area contributed by atoms with Gasteiger partial charge in [-0.15, -0.1) is 0 Å². The first-order valence-corrected chi connectivity index (χ1v) is 6.01. The van der Waals surface area contributed by atoms with Crippen LogP contribution in [0, 0.1) is 19.7 Å². The number of H-pyrrole nitrogens is 1. The molecule has 0 aliphatic heterocycles. The number of benzene rings is 1. The SMILES string of the molecule is Cc1n[nH]c(C)c1NC(=O)Nc1ccc(F)c(C(=O)O)c1. The number of aromatic nitrogens is 2. The van der Waals surface area contributed by atoms with Crippen molar-refractivity contribution in [3.63, 3.8) is 0 Å². The van der Waals surface area contributed by atoms with Crippen LogP contribution in [0.3, 0.4) is 0 Å². The third-order valence-corrected chi connectivity index (χ3v) is 2.82. The lowest BCUT2D eigenvalue weighted by atomic mass is 10.2. The molecule has 8 heteroatoms. The number of carboxylic acids is 1. The Hall–Kier alpha value is -2.90. The molecule has 0 bridgehead atoms. The number of aryl methyl sites for hydroxylation is 2. The number of anilines is 2. The molecule has 0 fully saturated rings. The summed E-state index contributed by atoms with van der Waals surface area (Å²) in [6.45, 7) is 3.47. The number of carbonyl (C=O) groups is 2. The van der Waals surface area contributed by atoms with Crippen LogP contribution in [0.1, 0.15) is 21.7 Å². The van der Waals surface area contributed by atoms with Gasteiger partial charge in [0.05, 0.1) is 22.6 Å². The molecule has 21 heavy (non-hydrogen) atoms. The van der Waals surface area contributed by atoms with E-state index >= 15 is 0 Å². The van der Waals surface area contributed by atoms with Crippen LogP contribution in [0.25, 0.3) is 0 Å². The zero-order chi connectivity index (χ0) is 15.6. The van der Waals surface area contributed by atoms with Gasteiger partial charge < -0.3 is 15.7 Å². The number of nitrogens with zero attached hydrogens (tertiary/aromatic N) is 1. The fourth-order valence-corrected chi connectivity index (χ4v) is 1.78. The van der Waals surface area contributed by atoms with Crippen LogP contribution in [0.5, 0.6) is 0 Å². The second kappa shape index (κ2) is 5.61. The minimum Gasteiger partial charge on any atom is -0.478 e. The molecular formula is C13H13FN4O3. The van der Waals surface area contributed by atoms with Crippen molar-refractivity contribution in [1.82, 2.24) is 10.2 Å². The fraction of sp³-hybridized carbons (Fsp3) is 0.154. The van der Waals surface area contributed by atoms with E-state index in [9.17, 15) is 14.0 Å². The molecule has 1 aromatic heterocycles. The van der Waals surface area contributed by atoms with Crippen molar-refractivity contribution in [3.8, 4) is 0 Å². The summed E-state index contributed by atoms with van der Waals surface area (Å²) in [5, 5.41) is 20.5. The number of carbonyl (C=O) groups excluding carboxylic acids is 1. The summed E-state index contributed by atoms with van der Waals surface area (Å²) in [6, 6.07) is 2.72. The van der Waals surface area contributed by atoms with Gasteiger partial charge in [0.2, 0.25) is 0 Å². The molecule has 0 aliphatic carbocycles. The Kier molecular flexibility index (Phi) is 3.88. The number of amides is 2. The number of aromatic carboxylic acids is 1. The minimum atomic E-state index is -1.40. The van der Waals surface area contributed by atoms with E-state index in [0.29, 0.717) is 17.1 Å². The fourth-order valence-electron chi connectivity index (χ4n) is 1.78. The van der Waals surface area contributed by atoms with Crippen molar-refractivity contribution in [2.75, 3.05) is 10.6 Å². The molecule has 0 spiro atoms. The number of halogens is 1. The maximum Gasteiger partial charge on any atom is 0.338 e. The first kappa shape index (κ1) is 14.5. The van der Waals surface area contributed by atoms with E-state index in [1.165, 1.54) is 6.07 Å². The van der Waals surface area contributed by atoms with Crippen molar-refractivity contribution < 1.29 is 19.1 Å². The summed E-state index contributed by atoms with van der Waals surface area (Å²) < 4.78 is 13.2. The number of aromatic amines is 1. The van der Waals surface area contributed by atoms with Crippen LogP contribution in [-0.4, -0.2) is 27.3 Å². The standard InChI is InChI=1S/C13H13FN4O3/c1-6-11(7(2)18-17-6)16-13(21)15-8-3-4-10(14)9(5-8)12(19)20/h3-5H,1-2H3,(H,17,18)(H,19,20)(H2,15,16,21). The summed E-state index contributed by atoms with van der Waals surface area (Å²) in [5.74, 6) is -2.27. The minimum absolute atomic E-state index is 0.171. The molecule has 7 nitrogen and oxygen atoms in total. The maximum atomic E-state index is 13.2.